The summed E-state index contributed by atoms with van der Waals surface area (Å²) in [6, 6.07) is 11.4. The molecule has 9 nitrogen and oxygen atoms in total. The Morgan fingerprint density at radius 2 is 2.06 bits per heavy atom. The Morgan fingerprint density at radius 3 is 2.82 bits per heavy atom. The van der Waals surface area contributed by atoms with Gasteiger partial charge in [0, 0.05) is 42.0 Å². The van der Waals surface area contributed by atoms with Crippen LogP contribution in [0.2, 0.25) is 5.02 Å². The van der Waals surface area contributed by atoms with Crippen molar-refractivity contribution in [3.05, 3.63) is 59.4 Å². The SMILES string of the molecule is COC[C@H]1C(=O)N(Cc2ccc3c(N)ncnc3c2)CCN1C(=O)CS(=O)c1cccc(Cl)c1. The lowest BCUT2D eigenvalue weighted by Crippen LogP contribution is -2.60. The second-order valence-corrected chi connectivity index (χ2v) is 9.76. The molecule has 1 aromatic heterocycles. The van der Waals surface area contributed by atoms with Gasteiger partial charge in [0.2, 0.25) is 11.8 Å². The molecule has 4 rings (SSSR count). The zero-order chi connectivity index (χ0) is 24.2. The molecule has 2 N–H and O–H groups in total. The first-order valence-electron chi connectivity index (χ1n) is 10.6. The maximum Gasteiger partial charge on any atom is 0.248 e. The summed E-state index contributed by atoms with van der Waals surface area (Å²) in [5.41, 5.74) is 7.47. The fourth-order valence-corrected chi connectivity index (χ4v) is 5.24. The van der Waals surface area contributed by atoms with E-state index in [0.717, 1.165) is 10.9 Å². The zero-order valence-corrected chi connectivity index (χ0v) is 20.1. The highest BCUT2D eigenvalue weighted by Gasteiger charge is 2.37. The van der Waals surface area contributed by atoms with E-state index in [-0.39, 0.29) is 24.2 Å². The number of amides is 2. The van der Waals surface area contributed by atoms with Crippen molar-refractivity contribution in [1.82, 2.24) is 19.8 Å². The topological polar surface area (TPSA) is 119 Å². The first-order chi connectivity index (χ1) is 16.4. The highest BCUT2D eigenvalue weighted by atomic mass is 35.5. The van der Waals surface area contributed by atoms with Crippen molar-refractivity contribution in [2.45, 2.75) is 17.5 Å². The molecule has 1 fully saturated rings. The second-order valence-electron chi connectivity index (χ2n) is 7.88. The highest BCUT2D eigenvalue weighted by molar-refractivity contribution is 7.85. The number of hydrogen-bond acceptors (Lipinski definition) is 7. The van der Waals surface area contributed by atoms with Crippen molar-refractivity contribution in [1.29, 1.82) is 0 Å². The number of methoxy groups -OCH3 is 1. The average molecular weight is 502 g/mol. The van der Waals surface area contributed by atoms with Gasteiger partial charge in [0.15, 0.2) is 0 Å². The van der Waals surface area contributed by atoms with E-state index in [4.69, 9.17) is 22.1 Å². The van der Waals surface area contributed by atoms with Crippen molar-refractivity contribution in [2.75, 3.05) is 38.3 Å². The van der Waals surface area contributed by atoms with Crippen LogP contribution in [0.15, 0.2) is 53.7 Å². The monoisotopic (exact) mass is 501 g/mol. The maximum absolute atomic E-state index is 13.3. The van der Waals surface area contributed by atoms with Crippen molar-refractivity contribution in [3.8, 4) is 0 Å². The van der Waals surface area contributed by atoms with E-state index < -0.39 is 16.8 Å². The summed E-state index contributed by atoms with van der Waals surface area (Å²) < 4.78 is 17.9. The number of halogens is 1. The van der Waals surface area contributed by atoms with Gasteiger partial charge in [0.05, 0.1) is 22.9 Å². The lowest BCUT2D eigenvalue weighted by atomic mass is 10.1. The number of benzene rings is 2. The molecule has 0 spiro atoms. The normalized spacial score (nSPS) is 17.2. The predicted octanol–water partition coefficient (Wildman–Crippen LogP) is 1.86. The molecule has 1 unspecified atom stereocenters. The van der Waals surface area contributed by atoms with Gasteiger partial charge in [-0.15, -0.1) is 0 Å². The van der Waals surface area contributed by atoms with E-state index in [1.165, 1.54) is 18.3 Å². The van der Waals surface area contributed by atoms with Gasteiger partial charge >= 0.3 is 0 Å². The van der Waals surface area contributed by atoms with Crippen LogP contribution in [0, 0.1) is 0 Å². The van der Waals surface area contributed by atoms with Crippen LogP contribution < -0.4 is 5.73 Å². The van der Waals surface area contributed by atoms with E-state index in [1.807, 2.05) is 18.2 Å². The van der Waals surface area contributed by atoms with Crippen LogP contribution in [0.5, 0.6) is 0 Å². The molecular formula is C23H24ClN5O4S. The predicted molar refractivity (Wildman–Crippen MR) is 129 cm³/mol. The number of hydrogen-bond donors (Lipinski definition) is 1. The van der Waals surface area contributed by atoms with E-state index in [9.17, 15) is 13.8 Å². The molecule has 34 heavy (non-hydrogen) atoms. The number of fused-ring (bicyclic) bond motifs is 1. The summed E-state index contributed by atoms with van der Waals surface area (Å²) in [7, 11) is -0.0963. The number of nitrogens with zero attached hydrogens (tertiary/aromatic N) is 4. The van der Waals surface area contributed by atoms with Crippen molar-refractivity contribution in [3.63, 3.8) is 0 Å². The van der Waals surface area contributed by atoms with Gasteiger partial charge in [-0.1, -0.05) is 23.7 Å². The minimum absolute atomic E-state index is 0.0480. The highest BCUT2D eigenvalue weighted by Crippen LogP contribution is 2.21. The van der Waals surface area contributed by atoms with Crippen LogP contribution in [0.1, 0.15) is 5.56 Å². The lowest BCUT2D eigenvalue weighted by molar-refractivity contribution is -0.153. The molecule has 1 aliphatic heterocycles. The molecule has 2 amide bonds. The molecule has 0 aliphatic carbocycles. The quantitative estimate of drug-likeness (QED) is 0.524. The number of nitrogens with two attached hydrogens (primary N) is 1. The molecule has 0 radical (unpaired) electrons. The van der Waals surface area contributed by atoms with Gasteiger partial charge in [-0.3, -0.25) is 13.8 Å². The fraction of sp³-hybridized carbons (Fsp3) is 0.304. The Balaban J connectivity index is 1.47. The van der Waals surface area contributed by atoms with E-state index in [1.54, 1.807) is 29.2 Å². The van der Waals surface area contributed by atoms with Crippen LogP contribution in [0.25, 0.3) is 10.9 Å². The summed E-state index contributed by atoms with van der Waals surface area (Å²) in [4.78, 5) is 38.1. The number of carbonyl (C=O) groups excluding carboxylic acids is 2. The van der Waals surface area contributed by atoms with Gasteiger partial charge in [-0.05, 0) is 35.9 Å². The summed E-state index contributed by atoms with van der Waals surface area (Å²) in [5.74, 6) is -0.432. The number of anilines is 1. The minimum atomic E-state index is -1.57. The Kier molecular flexibility index (Phi) is 7.40. The first-order valence-corrected chi connectivity index (χ1v) is 12.3. The van der Waals surface area contributed by atoms with Crippen LogP contribution >= 0.6 is 11.6 Å². The Hall–Kier alpha value is -3.08. The van der Waals surface area contributed by atoms with Crippen molar-refractivity contribution < 1.29 is 18.5 Å². The van der Waals surface area contributed by atoms with Gasteiger partial charge in [0.25, 0.3) is 0 Å². The fourth-order valence-electron chi connectivity index (χ4n) is 3.94. The summed E-state index contributed by atoms with van der Waals surface area (Å²) in [6.07, 6.45) is 1.40. The third-order valence-electron chi connectivity index (χ3n) is 5.65. The zero-order valence-electron chi connectivity index (χ0n) is 18.5. The molecule has 0 saturated carbocycles. The van der Waals surface area contributed by atoms with E-state index in [0.29, 0.717) is 40.9 Å². The molecule has 1 saturated heterocycles. The summed E-state index contributed by atoms with van der Waals surface area (Å²) in [6.45, 7) is 1.06. The number of carbonyl (C=O) groups is 2. The largest absolute Gasteiger partial charge is 0.383 e. The van der Waals surface area contributed by atoms with Gasteiger partial charge in [-0.2, -0.15) is 0 Å². The van der Waals surface area contributed by atoms with E-state index >= 15 is 0 Å². The molecule has 2 heterocycles. The van der Waals surface area contributed by atoms with Gasteiger partial charge in [-0.25, -0.2) is 9.97 Å². The number of rotatable bonds is 7. The Bertz CT molecular complexity index is 1260. The van der Waals surface area contributed by atoms with Crippen LogP contribution in [-0.2, 0) is 31.7 Å². The minimum Gasteiger partial charge on any atom is -0.383 e. The van der Waals surface area contributed by atoms with Crippen LogP contribution in [0.3, 0.4) is 0 Å². The standard InChI is InChI=1S/C23H24ClN5O4S/c1-33-12-20-23(31)28(11-15-5-6-18-19(9-15)26-14-27-22(18)25)7-8-29(20)21(30)13-34(32)17-4-2-3-16(24)10-17/h2-6,9-10,14,20H,7-8,11-13H2,1H3,(H2,25,26,27)/t20-,34?/m0/s1. The number of piperazine rings is 1. The Labute approximate surface area is 204 Å². The molecule has 3 aromatic rings. The van der Waals surface area contributed by atoms with Crippen LogP contribution in [-0.4, -0.2) is 74.4 Å². The Morgan fingerprint density at radius 1 is 1.24 bits per heavy atom. The van der Waals surface area contributed by atoms with Gasteiger partial charge in [0.1, 0.15) is 23.9 Å². The van der Waals surface area contributed by atoms with Crippen molar-refractivity contribution >= 4 is 50.9 Å². The average Bonchev–Trinajstić information content (AvgIpc) is 2.82. The molecule has 1 aliphatic rings. The third kappa shape index (κ3) is 5.19. The number of nitrogen functional groups attached to an aromatic ring is 1. The summed E-state index contributed by atoms with van der Waals surface area (Å²) in [5, 5.41) is 1.19. The third-order valence-corrected chi connectivity index (χ3v) is 7.17. The molecule has 2 aromatic carbocycles. The number of aromatic nitrogens is 2. The number of ether oxygens (including phenoxy) is 1. The van der Waals surface area contributed by atoms with Gasteiger partial charge < -0.3 is 20.3 Å². The molecule has 2 atom stereocenters. The van der Waals surface area contributed by atoms with Crippen molar-refractivity contribution in [2.24, 2.45) is 0 Å². The second kappa shape index (κ2) is 10.5. The molecule has 178 valence electrons. The maximum atomic E-state index is 13.3. The van der Waals surface area contributed by atoms with Crippen LogP contribution in [0.4, 0.5) is 5.82 Å². The van der Waals surface area contributed by atoms with E-state index in [2.05, 4.69) is 9.97 Å². The lowest BCUT2D eigenvalue weighted by Gasteiger charge is -2.40. The first kappa shape index (κ1) is 24.1. The molecule has 11 heteroatoms. The molecular weight excluding hydrogens is 478 g/mol. The summed E-state index contributed by atoms with van der Waals surface area (Å²) >= 11 is 5.97. The molecule has 0 bridgehead atoms. The smallest absolute Gasteiger partial charge is 0.248 e.